The quantitative estimate of drug-likeness (QED) is 0.599. The van der Waals surface area contributed by atoms with Gasteiger partial charge in [-0.15, -0.1) is 11.3 Å². The van der Waals surface area contributed by atoms with Gasteiger partial charge >= 0.3 is 0 Å². The molecule has 3 rings (SSSR count). The number of carbonyl (C=O) groups excluding carboxylic acids is 2. The summed E-state index contributed by atoms with van der Waals surface area (Å²) in [7, 11) is 0. The number of carbonyl (C=O) groups is 2. The van der Waals surface area contributed by atoms with Crippen LogP contribution >= 0.6 is 23.6 Å². The van der Waals surface area contributed by atoms with Crippen molar-refractivity contribution in [2.24, 2.45) is 17.1 Å². The molecule has 1 atom stereocenters. The van der Waals surface area contributed by atoms with Crippen LogP contribution in [0.4, 0.5) is 5.00 Å². The molecule has 0 radical (unpaired) electrons. The van der Waals surface area contributed by atoms with Gasteiger partial charge in [0.1, 0.15) is 5.00 Å². The van der Waals surface area contributed by atoms with Gasteiger partial charge in [-0.2, -0.15) is 0 Å². The molecule has 0 bridgehead atoms. The predicted molar refractivity (Wildman–Crippen MR) is 127 cm³/mol. The Labute approximate surface area is 187 Å². The molecular weight excluding hydrogens is 414 g/mol. The van der Waals surface area contributed by atoms with E-state index in [1.54, 1.807) is 12.1 Å². The van der Waals surface area contributed by atoms with Gasteiger partial charge in [0.25, 0.3) is 11.8 Å². The average molecular weight is 444 g/mol. The number of thiophene rings is 1. The summed E-state index contributed by atoms with van der Waals surface area (Å²) in [6.45, 7) is 8.82. The minimum atomic E-state index is -0.464. The van der Waals surface area contributed by atoms with Crippen molar-refractivity contribution in [2.75, 3.05) is 5.32 Å². The molecule has 2 amide bonds. The molecule has 0 saturated carbocycles. The molecule has 4 N–H and O–H groups in total. The van der Waals surface area contributed by atoms with E-state index in [1.807, 2.05) is 12.1 Å². The van der Waals surface area contributed by atoms with E-state index in [-0.39, 0.29) is 16.4 Å². The fourth-order valence-electron chi connectivity index (χ4n) is 3.88. The third-order valence-corrected chi connectivity index (χ3v) is 7.19. The molecule has 1 aliphatic carbocycles. The lowest BCUT2D eigenvalue weighted by Gasteiger charge is -2.33. The maximum atomic E-state index is 12.5. The van der Waals surface area contributed by atoms with Gasteiger partial charge in [0.05, 0.1) is 5.56 Å². The zero-order chi connectivity index (χ0) is 22.1. The molecule has 1 aliphatic rings. The first kappa shape index (κ1) is 22.4. The topological polar surface area (TPSA) is 84.2 Å². The Hall–Kier alpha value is -2.25. The Morgan fingerprint density at radius 3 is 2.47 bits per heavy atom. The number of anilines is 1. The molecule has 2 aromatic rings. The predicted octanol–water partition coefficient (Wildman–Crippen LogP) is 4.69. The Balaban J connectivity index is 1.75. The van der Waals surface area contributed by atoms with E-state index in [9.17, 15) is 9.59 Å². The highest BCUT2D eigenvalue weighted by atomic mass is 32.1. The van der Waals surface area contributed by atoms with E-state index in [0.717, 1.165) is 36.8 Å². The molecule has 5 nitrogen and oxygen atoms in total. The third kappa shape index (κ3) is 4.90. The lowest BCUT2D eigenvalue weighted by Crippen LogP contribution is -2.34. The highest BCUT2D eigenvalue weighted by Crippen LogP contribution is 2.44. The second-order valence-corrected chi connectivity index (χ2v) is 10.4. The van der Waals surface area contributed by atoms with Gasteiger partial charge in [-0.05, 0) is 72.5 Å². The van der Waals surface area contributed by atoms with Crippen LogP contribution in [0, 0.1) is 11.3 Å². The number of hydrogen-bond donors (Lipinski definition) is 3. The Kier molecular flexibility index (Phi) is 6.62. The number of amides is 2. The lowest BCUT2D eigenvalue weighted by atomic mass is 9.72. The molecular formula is C23H29N3O2S2. The number of fused-ring (bicyclic) bond motifs is 1. The SMILES string of the molecule is CCc1ccc(C(=O)NC(=S)Nc2sc3c(c2C(N)=O)CC[C@H](C(C)(C)C)C3)cc1. The standard InChI is InChI=1S/C23H29N3O2S2/c1-5-13-6-8-14(9-7-13)20(28)25-22(29)26-21-18(19(24)27)16-11-10-15(23(2,3)4)12-17(16)30-21/h6-9,15H,5,10-12H2,1-4H3,(H2,24,27)(H2,25,26,28,29)/t15-/m0/s1. The van der Waals surface area contributed by atoms with Crippen LogP contribution in [0.5, 0.6) is 0 Å². The van der Waals surface area contributed by atoms with Crippen molar-refractivity contribution < 1.29 is 9.59 Å². The van der Waals surface area contributed by atoms with Crippen LogP contribution in [0.15, 0.2) is 24.3 Å². The molecule has 0 unspecified atom stereocenters. The van der Waals surface area contributed by atoms with Crippen molar-refractivity contribution in [3.05, 3.63) is 51.4 Å². The summed E-state index contributed by atoms with van der Waals surface area (Å²) in [5.41, 5.74) is 9.13. The minimum Gasteiger partial charge on any atom is -0.365 e. The van der Waals surface area contributed by atoms with Crippen LogP contribution in [0.3, 0.4) is 0 Å². The maximum absolute atomic E-state index is 12.5. The van der Waals surface area contributed by atoms with Crippen LogP contribution in [0.25, 0.3) is 0 Å². The summed E-state index contributed by atoms with van der Waals surface area (Å²) < 4.78 is 0. The van der Waals surface area contributed by atoms with E-state index >= 15 is 0 Å². The van der Waals surface area contributed by atoms with Gasteiger partial charge in [-0.1, -0.05) is 39.8 Å². The first-order valence-electron chi connectivity index (χ1n) is 10.3. The van der Waals surface area contributed by atoms with Crippen LogP contribution in [-0.4, -0.2) is 16.9 Å². The fraction of sp³-hybridized carbons (Fsp3) is 0.435. The van der Waals surface area contributed by atoms with Crippen LogP contribution in [0.1, 0.15) is 70.8 Å². The first-order valence-corrected chi connectivity index (χ1v) is 11.5. The summed E-state index contributed by atoms with van der Waals surface area (Å²) >= 11 is 6.86. The number of rotatable bonds is 4. The first-order chi connectivity index (χ1) is 14.1. The van der Waals surface area contributed by atoms with Crippen molar-refractivity contribution in [3.8, 4) is 0 Å². The normalized spacial score (nSPS) is 15.9. The Bertz CT molecular complexity index is 972. The molecule has 0 spiro atoms. The second kappa shape index (κ2) is 8.86. The smallest absolute Gasteiger partial charge is 0.257 e. The van der Waals surface area contributed by atoms with Gasteiger partial charge in [-0.3, -0.25) is 14.9 Å². The summed E-state index contributed by atoms with van der Waals surface area (Å²) in [5, 5.41) is 6.52. The van der Waals surface area contributed by atoms with Crippen molar-refractivity contribution in [1.82, 2.24) is 5.32 Å². The van der Waals surface area contributed by atoms with Gasteiger partial charge in [-0.25, -0.2) is 0 Å². The number of aryl methyl sites for hydroxylation is 1. The van der Waals surface area contributed by atoms with Crippen molar-refractivity contribution in [2.45, 2.75) is 53.4 Å². The third-order valence-electron chi connectivity index (χ3n) is 5.81. The van der Waals surface area contributed by atoms with Crippen molar-refractivity contribution in [3.63, 3.8) is 0 Å². The number of nitrogens with two attached hydrogens (primary N) is 1. The molecule has 0 fully saturated rings. The number of nitrogens with one attached hydrogen (secondary N) is 2. The lowest BCUT2D eigenvalue weighted by molar-refractivity contribution is 0.0975. The van der Waals surface area contributed by atoms with Crippen LogP contribution in [-0.2, 0) is 19.3 Å². The highest BCUT2D eigenvalue weighted by Gasteiger charge is 2.33. The van der Waals surface area contributed by atoms with Gasteiger partial charge < -0.3 is 11.1 Å². The minimum absolute atomic E-state index is 0.160. The number of hydrogen-bond acceptors (Lipinski definition) is 4. The summed E-state index contributed by atoms with van der Waals surface area (Å²) in [5.74, 6) is -0.201. The molecule has 1 aromatic carbocycles. The average Bonchev–Trinajstić information content (AvgIpc) is 3.04. The van der Waals surface area contributed by atoms with E-state index in [1.165, 1.54) is 16.2 Å². The maximum Gasteiger partial charge on any atom is 0.257 e. The monoisotopic (exact) mass is 443 g/mol. The van der Waals surface area contributed by atoms with E-state index in [0.29, 0.717) is 22.0 Å². The molecule has 0 saturated heterocycles. The van der Waals surface area contributed by atoms with E-state index in [2.05, 4.69) is 38.3 Å². The second-order valence-electron chi connectivity index (χ2n) is 8.84. The largest absolute Gasteiger partial charge is 0.365 e. The van der Waals surface area contributed by atoms with Crippen LogP contribution in [0.2, 0.25) is 0 Å². The fourth-order valence-corrected chi connectivity index (χ4v) is 5.47. The molecule has 7 heteroatoms. The molecule has 1 aromatic heterocycles. The van der Waals surface area contributed by atoms with Crippen molar-refractivity contribution in [1.29, 1.82) is 0 Å². The summed E-state index contributed by atoms with van der Waals surface area (Å²) in [6, 6.07) is 7.41. The number of thiocarbonyl (C=S) groups is 1. The number of primary amides is 1. The molecule has 30 heavy (non-hydrogen) atoms. The van der Waals surface area contributed by atoms with Crippen LogP contribution < -0.4 is 16.4 Å². The van der Waals surface area contributed by atoms with Gasteiger partial charge in [0.2, 0.25) is 0 Å². The van der Waals surface area contributed by atoms with Crippen molar-refractivity contribution >= 4 is 45.5 Å². The zero-order valence-electron chi connectivity index (χ0n) is 17.9. The van der Waals surface area contributed by atoms with E-state index < -0.39 is 5.91 Å². The van der Waals surface area contributed by atoms with Gasteiger partial charge in [0, 0.05) is 10.4 Å². The van der Waals surface area contributed by atoms with Gasteiger partial charge in [0.15, 0.2) is 5.11 Å². The van der Waals surface area contributed by atoms with E-state index in [4.69, 9.17) is 18.0 Å². The highest BCUT2D eigenvalue weighted by molar-refractivity contribution is 7.80. The Morgan fingerprint density at radius 1 is 1.23 bits per heavy atom. The zero-order valence-corrected chi connectivity index (χ0v) is 19.6. The molecule has 160 valence electrons. The number of benzene rings is 1. The molecule has 1 heterocycles. The summed E-state index contributed by atoms with van der Waals surface area (Å²) in [6.07, 6.45) is 3.70. The Morgan fingerprint density at radius 2 is 1.90 bits per heavy atom. The summed E-state index contributed by atoms with van der Waals surface area (Å²) in [4.78, 5) is 25.8. The molecule has 0 aliphatic heterocycles.